The van der Waals surface area contributed by atoms with Crippen LogP contribution in [-0.4, -0.2) is 74.2 Å². The van der Waals surface area contributed by atoms with E-state index in [1.54, 1.807) is 23.4 Å². The molecular weight excluding hydrogens is 682 g/mol. The Morgan fingerprint density at radius 2 is 1.74 bits per heavy atom. The summed E-state index contributed by atoms with van der Waals surface area (Å²) in [7, 11) is -4.28. The highest BCUT2D eigenvalue weighted by molar-refractivity contribution is 7.90. The lowest BCUT2D eigenvalue weighted by atomic mass is 9.93. The summed E-state index contributed by atoms with van der Waals surface area (Å²) in [6.45, 7) is 11.3. The fourth-order valence-corrected chi connectivity index (χ4v) is 9.62. The van der Waals surface area contributed by atoms with Crippen LogP contribution in [0.2, 0.25) is 5.15 Å². The monoisotopic (exact) mass is 727 g/mol. The molecule has 0 unspecified atom stereocenters. The largest absolute Gasteiger partial charge is 0.477 e. The fraction of sp³-hybridized carbons (Fsp3) is 0.629. The average Bonchev–Trinajstić information content (AvgIpc) is 3.93. The Hall–Kier alpha value is -3.65. The maximum absolute atomic E-state index is 13.0. The Bertz CT molecular complexity index is 1890. The summed E-state index contributed by atoms with van der Waals surface area (Å²) in [5.41, 5.74) is 0.313. The van der Waals surface area contributed by atoms with E-state index in [1.807, 2.05) is 39.3 Å². The first-order chi connectivity index (χ1) is 23.5. The molecule has 3 saturated carbocycles. The van der Waals surface area contributed by atoms with Gasteiger partial charge in [0.2, 0.25) is 5.88 Å². The molecule has 1 N–H and O–H groups in total. The zero-order chi connectivity index (χ0) is 35.7. The number of aryl methyl sites for hydroxylation is 1. The van der Waals surface area contributed by atoms with Crippen LogP contribution < -0.4 is 9.46 Å². The number of hydrogen-bond donors (Lipinski definition) is 1. The lowest BCUT2D eigenvalue weighted by Gasteiger charge is -2.33. The fourth-order valence-electron chi connectivity index (χ4n) is 8.47. The van der Waals surface area contributed by atoms with Crippen LogP contribution in [0.1, 0.15) is 96.3 Å². The summed E-state index contributed by atoms with van der Waals surface area (Å²) in [6.07, 6.45) is 11.9. The van der Waals surface area contributed by atoms with Crippen molar-refractivity contribution >= 4 is 33.6 Å². The molecule has 15 heteroatoms. The highest BCUT2D eigenvalue weighted by atomic mass is 35.5. The van der Waals surface area contributed by atoms with E-state index in [1.165, 1.54) is 53.2 Å². The number of carbonyl (C=O) groups is 2. The molecule has 7 rings (SSSR count). The molecule has 2 spiro atoms. The Morgan fingerprint density at radius 3 is 2.40 bits per heavy atom. The quantitative estimate of drug-likeness (QED) is 0.221. The number of hydrogen-bond acceptors (Lipinski definition) is 9. The van der Waals surface area contributed by atoms with E-state index in [9.17, 15) is 18.0 Å². The van der Waals surface area contributed by atoms with Crippen LogP contribution in [0.25, 0.3) is 5.82 Å². The van der Waals surface area contributed by atoms with Gasteiger partial charge in [-0.05, 0) is 127 Å². The van der Waals surface area contributed by atoms with E-state index in [2.05, 4.69) is 15.2 Å². The van der Waals surface area contributed by atoms with Crippen molar-refractivity contribution in [1.82, 2.24) is 34.2 Å². The molecule has 4 fully saturated rings. The summed E-state index contributed by atoms with van der Waals surface area (Å²) in [5, 5.41) is 8.18. The van der Waals surface area contributed by atoms with Gasteiger partial charge in [0.25, 0.3) is 15.9 Å². The van der Waals surface area contributed by atoms with E-state index in [-0.39, 0.29) is 33.3 Å². The Kier molecular flexibility index (Phi) is 8.52. The topological polar surface area (TPSA) is 151 Å². The minimum Gasteiger partial charge on any atom is -0.477 e. The lowest BCUT2D eigenvalue weighted by Crippen LogP contribution is -2.45. The van der Waals surface area contributed by atoms with Crippen LogP contribution in [0.15, 0.2) is 41.7 Å². The molecule has 0 bridgehead atoms. The van der Waals surface area contributed by atoms with Crippen molar-refractivity contribution in [3.05, 3.63) is 47.4 Å². The minimum atomic E-state index is -4.28. The average molecular weight is 728 g/mol. The molecule has 3 aromatic heterocycles. The third kappa shape index (κ3) is 6.72. The number of ether oxygens (including phenoxy) is 2. The van der Waals surface area contributed by atoms with Crippen molar-refractivity contribution in [2.45, 2.75) is 109 Å². The number of sulfonamides is 1. The third-order valence-electron chi connectivity index (χ3n) is 11.0. The van der Waals surface area contributed by atoms with Gasteiger partial charge in [-0.3, -0.25) is 9.48 Å². The molecule has 1 atom stereocenters. The van der Waals surface area contributed by atoms with Crippen molar-refractivity contribution in [3.8, 4) is 11.7 Å². The van der Waals surface area contributed by atoms with Crippen molar-refractivity contribution in [2.24, 2.45) is 22.7 Å². The zero-order valence-electron chi connectivity index (χ0n) is 29.3. The van der Waals surface area contributed by atoms with Crippen LogP contribution in [0.3, 0.4) is 0 Å². The van der Waals surface area contributed by atoms with Gasteiger partial charge in [-0.2, -0.15) is 13.5 Å². The molecule has 0 aromatic carbocycles. The number of halogens is 1. The van der Waals surface area contributed by atoms with Crippen molar-refractivity contribution < 1.29 is 27.5 Å². The number of nitrogens with one attached hydrogen (secondary N) is 1. The van der Waals surface area contributed by atoms with E-state index in [4.69, 9.17) is 21.1 Å². The molecule has 0 radical (unpaired) electrons. The first-order valence-electron chi connectivity index (χ1n) is 17.5. The minimum absolute atomic E-state index is 0.102. The Balaban J connectivity index is 0.886. The third-order valence-corrected chi connectivity index (χ3v) is 12.6. The summed E-state index contributed by atoms with van der Waals surface area (Å²) in [5.74, 6) is 1.01. The Morgan fingerprint density at radius 1 is 1.02 bits per heavy atom. The molecule has 3 aliphatic carbocycles. The maximum Gasteiger partial charge on any atom is 0.410 e. The summed E-state index contributed by atoms with van der Waals surface area (Å²) in [4.78, 5) is 31.8. The van der Waals surface area contributed by atoms with Gasteiger partial charge in [-0.1, -0.05) is 11.6 Å². The summed E-state index contributed by atoms with van der Waals surface area (Å²) < 4.78 is 42.7. The van der Waals surface area contributed by atoms with Crippen LogP contribution in [0, 0.1) is 22.7 Å². The van der Waals surface area contributed by atoms with Crippen LogP contribution in [0.4, 0.5) is 4.79 Å². The molecule has 4 aliphatic rings. The van der Waals surface area contributed by atoms with Gasteiger partial charge in [0.1, 0.15) is 10.8 Å². The first kappa shape index (κ1) is 34.8. The highest BCUT2D eigenvalue weighted by Gasteiger charge is 2.85. The molecule has 4 heterocycles. The van der Waals surface area contributed by atoms with Crippen LogP contribution >= 0.6 is 11.6 Å². The van der Waals surface area contributed by atoms with Gasteiger partial charge in [0.15, 0.2) is 10.8 Å². The predicted octanol–water partition coefficient (Wildman–Crippen LogP) is 6.01. The molecule has 13 nitrogen and oxygen atoms in total. The van der Waals surface area contributed by atoms with Gasteiger partial charge in [0, 0.05) is 37.1 Å². The second-order valence-corrected chi connectivity index (χ2v) is 18.1. The normalized spacial score (nSPS) is 21.4. The van der Waals surface area contributed by atoms with Gasteiger partial charge in [-0.25, -0.2) is 19.2 Å². The number of carbonyl (C=O) groups excluding carboxylic acids is 2. The van der Waals surface area contributed by atoms with E-state index < -0.39 is 21.5 Å². The lowest BCUT2D eigenvalue weighted by molar-refractivity contribution is 0.0130. The smallest absolute Gasteiger partial charge is 0.410 e. The molecule has 2 amide bonds. The molecule has 1 aliphatic heterocycles. The number of aromatic nitrogens is 5. The van der Waals surface area contributed by atoms with Crippen molar-refractivity contribution in [2.75, 3.05) is 13.2 Å². The van der Waals surface area contributed by atoms with E-state index in [0.717, 1.165) is 31.6 Å². The van der Waals surface area contributed by atoms with Gasteiger partial charge in [0.05, 0.1) is 12.2 Å². The number of amides is 2. The number of fused-ring (bicyclic) bond motifs is 1. The predicted molar refractivity (Wildman–Crippen MR) is 185 cm³/mol. The first-order valence-corrected chi connectivity index (χ1v) is 19.3. The van der Waals surface area contributed by atoms with Gasteiger partial charge in [-0.15, -0.1) is 5.10 Å². The molecular formula is C35H46ClN7O6S. The number of likely N-dealkylation sites (tertiary alicyclic amines) is 1. The van der Waals surface area contributed by atoms with Crippen molar-refractivity contribution in [3.63, 3.8) is 0 Å². The summed E-state index contributed by atoms with van der Waals surface area (Å²) >= 11 is 6.35. The van der Waals surface area contributed by atoms with Gasteiger partial charge >= 0.3 is 6.09 Å². The second-order valence-electron chi connectivity index (χ2n) is 16.1. The number of nitrogens with zero attached hydrogens (tertiary/aromatic N) is 6. The van der Waals surface area contributed by atoms with E-state index in [0.29, 0.717) is 42.2 Å². The van der Waals surface area contributed by atoms with E-state index >= 15 is 0 Å². The second kappa shape index (κ2) is 12.2. The van der Waals surface area contributed by atoms with Crippen molar-refractivity contribution in [1.29, 1.82) is 0 Å². The summed E-state index contributed by atoms with van der Waals surface area (Å²) in [6, 6.07) is 6.04. The SMILES string of the molecule is CC(C)(C)OC(=O)N1C[C@@H](CCCn2ccc(S(=O)(=O)NC(=O)c3ccc(-n4ccc(OCCC5C6(CC6)C56CC6)n4)nc3Cl)n2)CC1(C)C. The zero-order valence-corrected chi connectivity index (χ0v) is 30.9. The maximum atomic E-state index is 13.0. The highest BCUT2D eigenvalue weighted by Crippen LogP contribution is 2.93. The van der Waals surface area contributed by atoms with Crippen LogP contribution in [0.5, 0.6) is 5.88 Å². The standard InChI is InChI=1S/C35H46ClN7O6S/c1-32(2,3)49-31(45)42-22-23(21-33(42,4)5)7-6-17-41-18-11-28(39-41)50(46,47)40-30(44)24-8-9-26(37-29(24)36)43-19-10-27(38-43)48-20-12-25-34(13-14-34)35(25)15-16-35/h8-11,18-19,23,25H,6-7,12-17,20-22H2,1-5H3,(H,40,44)/t23-/m0/s1. The number of pyridine rings is 1. The Labute approximate surface area is 298 Å². The van der Waals surface area contributed by atoms with Crippen LogP contribution in [-0.2, 0) is 21.3 Å². The molecule has 1 saturated heterocycles. The van der Waals surface area contributed by atoms with Gasteiger partial charge < -0.3 is 14.4 Å². The molecule has 50 heavy (non-hydrogen) atoms. The molecule has 3 aromatic rings. The molecule has 270 valence electrons. The number of rotatable bonds is 12.